The normalized spacial score (nSPS) is 11.7. The summed E-state index contributed by atoms with van der Waals surface area (Å²) in [4.78, 5) is 9.83. The second kappa shape index (κ2) is 5.89. The Hall–Kier alpha value is -1.51. The molecule has 0 radical (unpaired) electrons. The maximum absolute atomic E-state index is 12.2. The lowest BCUT2D eigenvalue weighted by Crippen LogP contribution is -2.35. The number of hydrogen-bond donors (Lipinski definition) is 1. The summed E-state index contributed by atoms with van der Waals surface area (Å²) < 4.78 is 25.6. The molecule has 0 spiro atoms. The molecule has 0 aliphatic rings. The van der Waals surface area contributed by atoms with Crippen molar-refractivity contribution in [1.82, 2.24) is 4.31 Å². The first-order valence-electron chi connectivity index (χ1n) is 5.38. The van der Waals surface area contributed by atoms with E-state index in [1.54, 1.807) is 6.92 Å². The number of nitrogens with two attached hydrogens (primary N) is 1. The van der Waals surface area contributed by atoms with Gasteiger partial charge in [0, 0.05) is 25.7 Å². The van der Waals surface area contributed by atoms with Gasteiger partial charge in [-0.25, -0.2) is 8.42 Å². The number of rotatable bonds is 6. The molecule has 1 aromatic carbocycles. The lowest BCUT2D eigenvalue weighted by Gasteiger charge is -2.19. The van der Waals surface area contributed by atoms with Crippen molar-refractivity contribution >= 4 is 15.7 Å². The van der Waals surface area contributed by atoms with Crippen molar-refractivity contribution in [1.29, 1.82) is 0 Å². The molecule has 8 heteroatoms. The molecule has 0 atom stereocenters. The zero-order chi connectivity index (χ0) is 13.8. The highest BCUT2D eigenvalue weighted by Gasteiger charge is 2.29. The molecule has 0 saturated carbocycles. The average Bonchev–Trinajstić information content (AvgIpc) is 2.35. The van der Waals surface area contributed by atoms with Gasteiger partial charge in [-0.3, -0.25) is 10.1 Å². The van der Waals surface area contributed by atoms with Gasteiger partial charge in [-0.15, -0.1) is 0 Å². The van der Waals surface area contributed by atoms with E-state index in [4.69, 9.17) is 5.73 Å². The highest BCUT2D eigenvalue weighted by Crippen LogP contribution is 2.25. The van der Waals surface area contributed by atoms with E-state index in [2.05, 4.69) is 0 Å². The van der Waals surface area contributed by atoms with E-state index in [9.17, 15) is 18.5 Å². The van der Waals surface area contributed by atoms with Gasteiger partial charge in [0.05, 0.1) is 4.92 Å². The number of benzene rings is 1. The summed E-state index contributed by atoms with van der Waals surface area (Å²) >= 11 is 0. The minimum Gasteiger partial charge on any atom is -0.329 e. The standard InChI is InChI=1S/C10H15N3O4S/c1-2-12(8-7-11)18(16,17)10-6-4-3-5-9(10)13(14)15/h3-6H,2,7-8,11H2,1H3. The molecule has 100 valence electrons. The van der Waals surface area contributed by atoms with E-state index in [1.165, 1.54) is 24.3 Å². The van der Waals surface area contributed by atoms with Gasteiger partial charge < -0.3 is 5.73 Å². The maximum Gasteiger partial charge on any atom is 0.289 e. The van der Waals surface area contributed by atoms with E-state index in [1.807, 2.05) is 0 Å². The summed E-state index contributed by atoms with van der Waals surface area (Å²) in [5, 5.41) is 10.8. The Balaban J connectivity index is 3.32. The van der Waals surface area contributed by atoms with Gasteiger partial charge in [-0.05, 0) is 6.07 Å². The molecule has 0 fully saturated rings. The molecule has 1 rings (SSSR count). The molecule has 1 aromatic rings. The molecule has 0 amide bonds. The van der Waals surface area contributed by atoms with Gasteiger partial charge in [-0.2, -0.15) is 4.31 Å². The van der Waals surface area contributed by atoms with Crippen LogP contribution in [0.5, 0.6) is 0 Å². The maximum atomic E-state index is 12.2. The van der Waals surface area contributed by atoms with Gasteiger partial charge in [0.15, 0.2) is 4.90 Å². The van der Waals surface area contributed by atoms with Gasteiger partial charge >= 0.3 is 0 Å². The Morgan fingerprint density at radius 2 is 2.00 bits per heavy atom. The fourth-order valence-corrected chi connectivity index (χ4v) is 3.18. The molecule has 0 aliphatic carbocycles. The van der Waals surface area contributed by atoms with E-state index in [0.717, 1.165) is 4.31 Å². The SMILES string of the molecule is CCN(CCN)S(=O)(=O)c1ccccc1[N+](=O)[O-]. The number of hydrogen-bond acceptors (Lipinski definition) is 5. The Morgan fingerprint density at radius 3 is 2.50 bits per heavy atom. The summed E-state index contributed by atoms with van der Waals surface area (Å²) in [6.07, 6.45) is 0. The lowest BCUT2D eigenvalue weighted by atomic mass is 10.3. The van der Waals surface area contributed by atoms with Gasteiger partial charge in [0.2, 0.25) is 10.0 Å². The van der Waals surface area contributed by atoms with Crippen LogP contribution in [0.1, 0.15) is 6.92 Å². The van der Waals surface area contributed by atoms with Crippen LogP contribution in [0.15, 0.2) is 29.2 Å². The number of para-hydroxylation sites is 1. The number of nitro benzene ring substituents is 1. The fourth-order valence-electron chi connectivity index (χ4n) is 1.56. The van der Waals surface area contributed by atoms with E-state index in [-0.39, 0.29) is 24.5 Å². The highest BCUT2D eigenvalue weighted by molar-refractivity contribution is 7.89. The summed E-state index contributed by atoms with van der Waals surface area (Å²) in [7, 11) is -3.88. The molecule has 0 aromatic heterocycles. The molecule has 0 bridgehead atoms. The third-order valence-electron chi connectivity index (χ3n) is 2.41. The Morgan fingerprint density at radius 1 is 1.39 bits per heavy atom. The zero-order valence-corrected chi connectivity index (χ0v) is 10.8. The van der Waals surface area contributed by atoms with E-state index in [0.29, 0.717) is 0 Å². The van der Waals surface area contributed by atoms with E-state index >= 15 is 0 Å². The third-order valence-corrected chi connectivity index (χ3v) is 4.43. The van der Waals surface area contributed by atoms with Gasteiger partial charge in [0.1, 0.15) is 0 Å². The smallest absolute Gasteiger partial charge is 0.289 e. The summed E-state index contributed by atoms with van der Waals surface area (Å²) in [6.45, 7) is 2.16. The van der Waals surface area contributed by atoms with Crippen LogP contribution >= 0.6 is 0 Å². The van der Waals surface area contributed by atoms with Crippen molar-refractivity contribution in [3.8, 4) is 0 Å². The summed E-state index contributed by atoms with van der Waals surface area (Å²) in [6, 6.07) is 5.28. The van der Waals surface area contributed by atoms with Crippen molar-refractivity contribution in [2.24, 2.45) is 5.73 Å². The van der Waals surface area contributed by atoms with E-state index < -0.39 is 20.6 Å². The predicted octanol–water partition coefficient (Wildman–Crippen LogP) is 0.564. The number of nitro groups is 1. The molecule has 2 N–H and O–H groups in total. The van der Waals surface area contributed by atoms with Crippen LogP contribution in [0.2, 0.25) is 0 Å². The predicted molar refractivity (Wildman–Crippen MR) is 66.6 cm³/mol. The molecular weight excluding hydrogens is 258 g/mol. The highest BCUT2D eigenvalue weighted by atomic mass is 32.2. The lowest BCUT2D eigenvalue weighted by molar-refractivity contribution is -0.387. The summed E-state index contributed by atoms with van der Waals surface area (Å²) in [5.41, 5.74) is 4.91. The first-order chi connectivity index (χ1) is 8.45. The third kappa shape index (κ3) is 2.84. The Bertz CT molecular complexity index is 530. The van der Waals surface area contributed by atoms with Crippen molar-refractivity contribution in [3.05, 3.63) is 34.4 Å². The minimum absolute atomic E-state index is 0.130. The Kier molecular flexibility index (Phi) is 4.76. The molecule has 0 heterocycles. The first-order valence-corrected chi connectivity index (χ1v) is 6.82. The van der Waals surface area contributed by atoms with Gasteiger partial charge in [0.25, 0.3) is 5.69 Å². The van der Waals surface area contributed by atoms with Crippen LogP contribution in [0.3, 0.4) is 0 Å². The fraction of sp³-hybridized carbons (Fsp3) is 0.400. The van der Waals surface area contributed by atoms with Crippen LogP contribution < -0.4 is 5.73 Å². The number of nitrogens with zero attached hydrogens (tertiary/aromatic N) is 2. The molecule has 0 unspecified atom stereocenters. The van der Waals surface area contributed by atoms with Crippen LogP contribution in [-0.2, 0) is 10.0 Å². The van der Waals surface area contributed by atoms with Crippen LogP contribution in [0.25, 0.3) is 0 Å². The second-order valence-corrected chi connectivity index (χ2v) is 5.42. The first kappa shape index (κ1) is 14.6. The van der Waals surface area contributed by atoms with Crippen LogP contribution in [0.4, 0.5) is 5.69 Å². The Labute approximate surface area is 105 Å². The topological polar surface area (TPSA) is 107 Å². The molecule has 0 saturated heterocycles. The molecular formula is C10H15N3O4S. The molecule has 18 heavy (non-hydrogen) atoms. The summed E-state index contributed by atoms with van der Waals surface area (Å²) in [5.74, 6) is 0. The number of likely N-dealkylation sites (N-methyl/N-ethyl adjacent to an activating group) is 1. The van der Waals surface area contributed by atoms with Crippen LogP contribution in [-0.4, -0.2) is 37.3 Å². The number of sulfonamides is 1. The van der Waals surface area contributed by atoms with Crippen molar-refractivity contribution in [2.75, 3.05) is 19.6 Å². The average molecular weight is 273 g/mol. The molecule has 7 nitrogen and oxygen atoms in total. The van der Waals surface area contributed by atoms with Crippen LogP contribution in [0, 0.1) is 10.1 Å². The zero-order valence-electron chi connectivity index (χ0n) is 9.94. The second-order valence-electron chi connectivity index (χ2n) is 3.51. The van der Waals surface area contributed by atoms with Crippen molar-refractivity contribution < 1.29 is 13.3 Å². The largest absolute Gasteiger partial charge is 0.329 e. The quantitative estimate of drug-likeness (QED) is 0.602. The molecule has 0 aliphatic heterocycles. The minimum atomic E-state index is -3.88. The van der Waals surface area contributed by atoms with Crippen molar-refractivity contribution in [2.45, 2.75) is 11.8 Å². The van der Waals surface area contributed by atoms with Gasteiger partial charge in [-0.1, -0.05) is 19.1 Å². The van der Waals surface area contributed by atoms with Crippen molar-refractivity contribution in [3.63, 3.8) is 0 Å². The monoisotopic (exact) mass is 273 g/mol.